The molecule has 9 rings (SSSR count). The second-order valence-electron chi connectivity index (χ2n) is 11.8. The summed E-state index contributed by atoms with van der Waals surface area (Å²) in [6.07, 6.45) is 0. The zero-order valence-corrected chi connectivity index (χ0v) is 24.2. The van der Waals surface area contributed by atoms with Gasteiger partial charge >= 0.3 is 0 Å². The van der Waals surface area contributed by atoms with Gasteiger partial charge in [-0.15, -0.1) is 0 Å². The molecule has 0 bridgehead atoms. The Labute approximate surface area is 258 Å². The minimum atomic E-state index is -0.310. The molecule has 0 radical (unpaired) electrons. The van der Waals surface area contributed by atoms with E-state index in [1.165, 1.54) is 66.8 Å². The summed E-state index contributed by atoms with van der Waals surface area (Å²) in [6, 6.07) is 61.9. The number of nitrogens with one attached hydrogen (secondary N) is 1. The van der Waals surface area contributed by atoms with Gasteiger partial charge in [0.1, 0.15) is 0 Å². The highest BCUT2D eigenvalue weighted by atomic mass is 14.9. The molecule has 0 atom stereocenters. The van der Waals surface area contributed by atoms with Crippen LogP contribution in [0.5, 0.6) is 0 Å². The van der Waals surface area contributed by atoms with Crippen molar-refractivity contribution in [2.45, 2.75) is 5.41 Å². The van der Waals surface area contributed by atoms with Crippen molar-refractivity contribution < 1.29 is 0 Å². The third-order valence-electron chi connectivity index (χ3n) is 9.47. The monoisotopic (exact) mass is 559 g/mol. The summed E-state index contributed by atoms with van der Waals surface area (Å²) in [5.41, 5.74) is 17.4. The lowest BCUT2D eigenvalue weighted by molar-refractivity contribution is 0.794. The summed E-state index contributed by atoms with van der Waals surface area (Å²) >= 11 is 0. The first-order chi connectivity index (χ1) is 21.8. The number of hydrogen-bond donors (Lipinski definition) is 1. The van der Waals surface area contributed by atoms with E-state index in [-0.39, 0.29) is 5.41 Å². The van der Waals surface area contributed by atoms with E-state index in [2.05, 4.69) is 175 Å². The Bertz CT molecular complexity index is 2150. The summed E-state index contributed by atoms with van der Waals surface area (Å²) in [7, 11) is 0. The number of hydrogen-bond acceptors (Lipinski definition) is 1. The Balaban J connectivity index is 1.19. The predicted octanol–water partition coefficient (Wildman–Crippen LogP) is 11.1. The third kappa shape index (κ3) is 3.53. The zero-order chi connectivity index (χ0) is 29.1. The van der Waals surface area contributed by atoms with Crippen LogP contribution in [0, 0.1) is 0 Å². The molecule has 0 saturated carbocycles. The Morgan fingerprint density at radius 3 is 1.27 bits per heavy atom. The van der Waals surface area contributed by atoms with Crippen molar-refractivity contribution in [1.82, 2.24) is 0 Å². The van der Waals surface area contributed by atoms with Crippen LogP contribution in [0.25, 0.3) is 44.5 Å². The maximum absolute atomic E-state index is 3.77. The summed E-state index contributed by atoms with van der Waals surface area (Å²) in [4.78, 5) is 0. The quantitative estimate of drug-likeness (QED) is 0.226. The minimum absolute atomic E-state index is 0.310. The summed E-state index contributed by atoms with van der Waals surface area (Å²) in [5, 5.41) is 3.77. The predicted molar refractivity (Wildman–Crippen MR) is 183 cm³/mol. The first-order valence-corrected chi connectivity index (χ1v) is 15.3. The molecule has 1 heteroatoms. The molecule has 0 aliphatic heterocycles. The molecule has 206 valence electrons. The van der Waals surface area contributed by atoms with Crippen LogP contribution in [0.4, 0.5) is 11.4 Å². The third-order valence-corrected chi connectivity index (χ3v) is 9.47. The molecule has 7 aromatic rings. The fourth-order valence-corrected chi connectivity index (χ4v) is 7.69. The summed E-state index contributed by atoms with van der Waals surface area (Å²) < 4.78 is 0. The van der Waals surface area contributed by atoms with E-state index in [4.69, 9.17) is 0 Å². The van der Waals surface area contributed by atoms with Gasteiger partial charge in [0.05, 0.1) is 5.41 Å². The lowest BCUT2D eigenvalue weighted by atomic mass is 9.70. The fraction of sp³-hybridized carbons (Fsp3) is 0.0233. The van der Waals surface area contributed by atoms with Crippen molar-refractivity contribution in [1.29, 1.82) is 0 Å². The molecule has 0 unspecified atom stereocenters. The molecule has 0 aromatic heterocycles. The molecule has 0 saturated heterocycles. The lowest BCUT2D eigenvalue weighted by Crippen LogP contribution is -2.25. The van der Waals surface area contributed by atoms with Crippen LogP contribution < -0.4 is 5.32 Å². The smallest absolute Gasteiger partial charge is 0.0725 e. The molecular formula is C43H29N. The molecule has 0 amide bonds. The Morgan fingerprint density at radius 1 is 0.295 bits per heavy atom. The van der Waals surface area contributed by atoms with Crippen LogP contribution in [0.2, 0.25) is 0 Å². The van der Waals surface area contributed by atoms with Gasteiger partial charge in [0.2, 0.25) is 0 Å². The number of fused-ring (bicyclic) bond motifs is 10. The summed E-state index contributed by atoms with van der Waals surface area (Å²) in [6.45, 7) is 0. The number of anilines is 2. The SMILES string of the molecule is c1ccc(-c2ccc(Nc3ccc4c(c3)-c3ccccc3C43c4ccccc4-c4ccccc43)cc2-c2ccccc2)cc1. The van der Waals surface area contributed by atoms with Gasteiger partial charge < -0.3 is 5.32 Å². The molecule has 0 heterocycles. The maximum Gasteiger partial charge on any atom is 0.0725 e. The van der Waals surface area contributed by atoms with E-state index < -0.39 is 0 Å². The van der Waals surface area contributed by atoms with Gasteiger partial charge in [-0.3, -0.25) is 0 Å². The van der Waals surface area contributed by atoms with Gasteiger partial charge in [-0.25, -0.2) is 0 Å². The van der Waals surface area contributed by atoms with Crippen molar-refractivity contribution >= 4 is 11.4 Å². The average molecular weight is 560 g/mol. The lowest BCUT2D eigenvalue weighted by Gasteiger charge is -2.30. The van der Waals surface area contributed by atoms with Crippen molar-refractivity contribution in [2.75, 3.05) is 5.32 Å². The Hall–Kier alpha value is -5.66. The minimum Gasteiger partial charge on any atom is -0.355 e. The van der Waals surface area contributed by atoms with Crippen molar-refractivity contribution in [3.05, 3.63) is 192 Å². The molecule has 2 aliphatic rings. The van der Waals surface area contributed by atoms with Gasteiger partial charge in [-0.1, -0.05) is 146 Å². The molecule has 7 aromatic carbocycles. The van der Waals surface area contributed by atoms with Gasteiger partial charge in [0.25, 0.3) is 0 Å². The Kier molecular flexibility index (Phi) is 5.48. The summed E-state index contributed by atoms with van der Waals surface area (Å²) in [5.74, 6) is 0. The first kappa shape index (κ1) is 24.9. The maximum atomic E-state index is 3.77. The van der Waals surface area contributed by atoms with E-state index in [0.29, 0.717) is 0 Å². The van der Waals surface area contributed by atoms with Gasteiger partial charge in [0.15, 0.2) is 0 Å². The molecule has 1 N–H and O–H groups in total. The number of benzene rings is 7. The van der Waals surface area contributed by atoms with Crippen LogP contribution in [-0.4, -0.2) is 0 Å². The van der Waals surface area contributed by atoms with E-state index in [1.54, 1.807) is 0 Å². The standard InChI is InChI=1S/C43H29N/c1-3-13-29(14-4-1)33-25-23-31(27-37(33)30-15-5-2-6-16-30)44-32-24-26-42-38(28-32)36-19-9-12-22-41(36)43(42)39-20-10-7-17-34(39)35-18-8-11-21-40(35)43/h1-28,44H. The van der Waals surface area contributed by atoms with Crippen LogP contribution in [-0.2, 0) is 5.41 Å². The molecule has 2 aliphatic carbocycles. The van der Waals surface area contributed by atoms with E-state index >= 15 is 0 Å². The van der Waals surface area contributed by atoms with Gasteiger partial charge in [0, 0.05) is 11.4 Å². The van der Waals surface area contributed by atoms with Crippen LogP contribution in [0.15, 0.2) is 170 Å². The van der Waals surface area contributed by atoms with Gasteiger partial charge in [-0.2, -0.15) is 0 Å². The number of rotatable bonds is 4. The van der Waals surface area contributed by atoms with E-state index in [0.717, 1.165) is 11.4 Å². The normalized spacial score (nSPS) is 13.2. The highest BCUT2D eigenvalue weighted by Gasteiger charge is 2.51. The molecule has 0 fully saturated rings. The second kappa shape index (κ2) is 9.69. The molecule has 1 nitrogen and oxygen atoms in total. The van der Waals surface area contributed by atoms with Crippen molar-refractivity contribution in [2.24, 2.45) is 0 Å². The zero-order valence-electron chi connectivity index (χ0n) is 24.2. The van der Waals surface area contributed by atoms with Crippen LogP contribution in [0.1, 0.15) is 22.3 Å². The van der Waals surface area contributed by atoms with E-state index in [9.17, 15) is 0 Å². The largest absolute Gasteiger partial charge is 0.355 e. The van der Waals surface area contributed by atoms with Gasteiger partial charge in [-0.05, 0) is 91.0 Å². The first-order valence-electron chi connectivity index (χ1n) is 15.3. The van der Waals surface area contributed by atoms with Crippen LogP contribution >= 0.6 is 0 Å². The van der Waals surface area contributed by atoms with Crippen LogP contribution in [0.3, 0.4) is 0 Å². The highest BCUT2D eigenvalue weighted by Crippen LogP contribution is 2.62. The van der Waals surface area contributed by atoms with Crippen molar-refractivity contribution in [3.63, 3.8) is 0 Å². The molecule has 1 spiro atoms. The topological polar surface area (TPSA) is 12.0 Å². The molecular weight excluding hydrogens is 530 g/mol. The fourth-order valence-electron chi connectivity index (χ4n) is 7.69. The highest BCUT2D eigenvalue weighted by molar-refractivity contribution is 5.96. The average Bonchev–Trinajstić information content (AvgIpc) is 3.56. The molecule has 44 heavy (non-hydrogen) atoms. The second-order valence-corrected chi connectivity index (χ2v) is 11.8. The Morgan fingerprint density at radius 2 is 0.705 bits per heavy atom. The van der Waals surface area contributed by atoms with Crippen molar-refractivity contribution in [3.8, 4) is 44.5 Å². The van der Waals surface area contributed by atoms with E-state index in [1.807, 2.05) is 0 Å².